The summed E-state index contributed by atoms with van der Waals surface area (Å²) in [6.07, 6.45) is 1.000. The lowest BCUT2D eigenvalue weighted by Gasteiger charge is -2.18. The Bertz CT molecular complexity index is 621. The second-order valence-corrected chi connectivity index (χ2v) is 6.38. The Morgan fingerprint density at radius 1 is 1.26 bits per heavy atom. The van der Waals surface area contributed by atoms with Gasteiger partial charge in [-0.05, 0) is 32.0 Å². The van der Waals surface area contributed by atoms with Gasteiger partial charge in [-0.15, -0.1) is 10.2 Å². The first-order valence-corrected chi connectivity index (χ1v) is 8.47. The molecule has 0 aliphatic rings. The van der Waals surface area contributed by atoms with Crippen LogP contribution in [0.25, 0.3) is 0 Å². The molecular formula is C16H22N4O2S. The minimum Gasteiger partial charge on any atom is -0.395 e. The highest BCUT2D eigenvalue weighted by molar-refractivity contribution is 7.13. The molecule has 0 radical (unpaired) electrons. The quantitative estimate of drug-likeness (QED) is 0.774. The molecule has 0 spiro atoms. The molecule has 6 nitrogen and oxygen atoms in total. The van der Waals surface area contributed by atoms with Crippen molar-refractivity contribution in [1.82, 2.24) is 15.1 Å². The number of benzene rings is 1. The number of anilines is 1. The number of amides is 1. The van der Waals surface area contributed by atoms with Gasteiger partial charge in [0.1, 0.15) is 5.01 Å². The molecular weight excluding hydrogens is 312 g/mol. The maximum absolute atomic E-state index is 12.2. The van der Waals surface area contributed by atoms with E-state index < -0.39 is 0 Å². The van der Waals surface area contributed by atoms with Gasteiger partial charge in [0.15, 0.2) is 0 Å². The lowest BCUT2D eigenvalue weighted by atomic mass is 10.2. The minimum atomic E-state index is -0.248. The third kappa shape index (κ3) is 5.38. The smallest absolute Gasteiger partial charge is 0.286 e. The number of hydrogen-bond donors (Lipinski definition) is 2. The molecule has 2 N–H and O–H groups in total. The van der Waals surface area contributed by atoms with Crippen molar-refractivity contribution in [2.45, 2.75) is 26.8 Å². The summed E-state index contributed by atoms with van der Waals surface area (Å²) >= 11 is 1.29. The summed E-state index contributed by atoms with van der Waals surface area (Å²) in [5.41, 5.74) is 1.88. The largest absolute Gasteiger partial charge is 0.395 e. The van der Waals surface area contributed by atoms with E-state index in [0.717, 1.165) is 29.2 Å². The number of aliphatic hydroxyl groups excluding tert-OH is 1. The molecule has 1 aromatic carbocycles. The van der Waals surface area contributed by atoms with Crippen LogP contribution in [0.15, 0.2) is 24.3 Å². The Hall–Kier alpha value is -1.83. The molecule has 2 rings (SSSR count). The SMILES string of the molecule is CCCN(CCO)Cc1nnc(C(=O)Nc2ccc(C)cc2)s1. The molecule has 0 atom stereocenters. The van der Waals surface area contributed by atoms with Crippen LogP contribution < -0.4 is 5.32 Å². The second-order valence-electron chi connectivity index (χ2n) is 5.32. The number of nitrogens with one attached hydrogen (secondary N) is 1. The summed E-state index contributed by atoms with van der Waals surface area (Å²) in [4.78, 5) is 14.3. The summed E-state index contributed by atoms with van der Waals surface area (Å²) in [6.45, 7) is 6.27. The number of hydrogen-bond acceptors (Lipinski definition) is 6. The van der Waals surface area contributed by atoms with Crippen LogP contribution in [0.2, 0.25) is 0 Å². The molecule has 0 unspecified atom stereocenters. The van der Waals surface area contributed by atoms with Crippen LogP contribution in [0.4, 0.5) is 5.69 Å². The van der Waals surface area contributed by atoms with E-state index in [1.54, 1.807) is 0 Å². The van der Waals surface area contributed by atoms with Crippen LogP contribution in [0.5, 0.6) is 0 Å². The molecule has 0 fully saturated rings. The van der Waals surface area contributed by atoms with Crippen LogP contribution >= 0.6 is 11.3 Å². The average molecular weight is 334 g/mol. The van der Waals surface area contributed by atoms with E-state index >= 15 is 0 Å². The van der Waals surface area contributed by atoms with Crippen molar-refractivity contribution in [2.75, 3.05) is 25.0 Å². The summed E-state index contributed by atoms with van der Waals surface area (Å²) in [5, 5.41) is 21.1. The van der Waals surface area contributed by atoms with E-state index in [1.807, 2.05) is 31.2 Å². The second kappa shape index (κ2) is 8.71. The van der Waals surface area contributed by atoms with Gasteiger partial charge in [-0.1, -0.05) is 36.0 Å². The van der Waals surface area contributed by atoms with Gasteiger partial charge in [0.25, 0.3) is 5.91 Å². The van der Waals surface area contributed by atoms with Gasteiger partial charge >= 0.3 is 0 Å². The van der Waals surface area contributed by atoms with Crippen LogP contribution in [0, 0.1) is 6.92 Å². The third-order valence-electron chi connectivity index (χ3n) is 3.29. The van der Waals surface area contributed by atoms with Gasteiger partial charge < -0.3 is 10.4 Å². The highest BCUT2D eigenvalue weighted by atomic mass is 32.1. The van der Waals surface area contributed by atoms with E-state index in [-0.39, 0.29) is 12.5 Å². The van der Waals surface area contributed by atoms with Crippen LogP contribution in [-0.4, -0.2) is 45.8 Å². The fourth-order valence-electron chi connectivity index (χ4n) is 2.15. The van der Waals surface area contributed by atoms with Crippen LogP contribution in [-0.2, 0) is 6.54 Å². The minimum absolute atomic E-state index is 0.111. The van der Waals surface area contributed by atoms with E-state index in [4.69, 9.17) is 5.11 Å². The lowest BCUT2D eigenvalue weighted by Crippen LogP contribution is -2.27. The highest BCUT2D eigenvalue weighted by Gasteiger charge is 2.15. The van der Waals surface area contributed by atoms with E-state index in [9.17, 15) is 4.79 Å². The van der Waals surface area contributed by atoms with Crippen molar-refractivity contribution >= 4 is 22.9 Å². The molecule has 1 aromatic heterocycles. The van der Waals surface area contributed by atoms with Gasteiger partial charge in [0.2, 0.25) is 5.01 Å². The molecule has 124 valence electrons. The number of aryl methyl sites for hydroxylation is 1. The van der Waals surface area contributed by atoms with Crippen molar-refractivity contribution < 1.29 is 9.90 Å². The lowest BCUT2D eigenvalue weighted by molar-refractivity contribution is 0.102. The van der Waals surface area contributed by atoms with Crippen molar-refractivity contribution in [3.05, 3.63) is 39.8 Å². The van der Waals surface area contributed by atoms with Gasteiger partial charge in [-0.25, -0.2) is 0 Å². The highest BCUT2D eigenvalue weighted by Crippen LogP contribution is 2.15. The Morgan fingerprint density at radius 2 is 2.00 bits per heavy atom. The van der Waals surface area contributed by atoms with E-state index in [0.29, 0.717) is 18.1 Å². The molecule has 0 saturated heterocycles. The van der Waals surface area contributed by atoms with Crippen molar-refractivity contribution in [2.24, 2.45) is 0 Å². The van der Waals surface area contributed by atoms with Crippen molar-refractivity contribution in [3.63, 3.8) is 0 Å². The van der Waals surface area contributed by atoms with Crippen LogP contribution in [0.1, 0.15) is 33.7 Å². The van der Waals surface area contributed by atoms with Gasteiger partial charge in [-0.2, -0.15) is 0 Å². The van der Waals surface area contributed by atoms with Gasteiger partial charge in [0.05, 0.1) is 13.2 Å². The normalized spacial score (nSPS) is 11.0. The topological polar surface area (TPSA) is 78.3 Å². The molecule has 0 bridgehead atoms. The molecule has 7 heteroatoms. The van der Waals surface area contributed by atoms with E-state index in [1.165, 1.54) is 11.3 Å². The Labute approximate surface area is 140 Å². The van der Waals surface area contributed by atoms with Crippen molar-refractivity contribution in [1.29, 1.82) is 0 Å². The summed E-state index contributed by atoms with van der Waals surface area (Å²) in [5.74, 6) is -0.248. The number of aliphatic hydroxyl groups is 1. The first-order chi connectivity index (χ1) is 11.1. The van der Waals surface area contributed by atoms with Gasteiger partial charge in [0, 0.05) is 12.2 Å². The number of carbonyl (C=O) groups excluding carboxylic acids is 1. The molecule has 0 aliphatic heterocycles. The van der Waals surface area contributed by atoms with Gasteiger partial charge in [-0.3, -0.25) is 9.69 Å². The first kappa shape index (κ1) is 17.5. The Kier molecular flexibility index (Phi) is 6.64. The van der Waals surface area contributed by atoms with Crippen LogP contribution in [0.3, 0.4) is 0 Å². The molecule has 23 heavy (non-hydrogen) atoms. The number of rotatable bonds is 8. The molecule has 1 amide bonds. The standard InChI is InChI=1S/C16H22N4O2S/c1-3-8-20(9-10-21)11-14-18-19-16(23-14)15(22)17-13-6-4-12(2)5-7-13/h4-7,21H,3,8-11H2,1-2H3,(H,17,22). The molecule has 2 aromatic rings. The maximum Gasteiger partial charge on any atom is 0.286 e. The number of nitrogens with zero attached hydrogens (tertiary/aromatic N) is 3. The summed E-state index contributed by atoms with van der Waals surface area (Å²) in [6, 6.07) is 7.61. The fraction of sp³-hybridized carbons (Fsp3) is 0.438. The number of aromatic nitrogens is 2. The average Bonchev–Trinajstić information content (AvgIpc) is 2.99. The zero-order valence-corrected chi connectivity index (χ0v) is 14.3. The third-order valence-corrected chi connectivity index (χ3v) is 4.19. The molecule has 0 aliphatic carbocycles. The monoisotopic (exact) mass is 334 g/mol. The zero-order valence-electron chi connectivity index (χ0n) is 13.5. The Morgan fingerprint density at radius 3 is 2.65 bits per heavy atom. The maximum atomic E-state index is 12.2. The Balaban J connectivity index is 1.97. The summed E-state index contributed by atoms with van der Waals surface area (Å²) in [7, 11) is 0. The molecule has 0 saturated carbocycles. The predicted molar refractivity (Wildman–Crippen MR) is 91.7 cm³/mol. The van der Waals surface area contributed by atoms with Crippen molar-refractivity contribution in [3.8, 4) is 0 Å². The molecule has 1 heterocycles. The predicted octanol–water partition coefficient (Wildman–Crippen LogP) is 2.30. The van der Waals surface area contributed by atoms with E-state index in [2.05, 4.69) is 27.3 Å². The fourth-order valence-corrected chi connectivity index (χ4v) is 2.93. The zero-order chi connectivity index (χ0) is 16.7. The first-order valence-electron chi connectivity index (χ1n) is 7.66. The summed E-state index contributed by atoms with van der Waals surface area (Å²) < 4.78 is 0. The number of carbonyl (C=O) groups is 1.